The minimum absolute atomic E-state index is 0.0300. The summed E-state index contributed by atoms with van der Waals surface area (Å²) in [5.41, 5.74) is -0.517. The average Bonchev–Trinajstić information content (AvgIpc) is 3.97. The van der Waals surface area contributed by atoms with Crippen molar-refractivity contribution in [1.29, 1.82) is 0 Å². The number of aliphatic hydroxyl groups is 1. The molecule has 1 N–H and O–H groups in total. The molecule has 2 saturated heterocycles. The van der Waals surface area contributed by atoms with Gasteiger partial charge in [0, 0.05) is 31.8 Å². The fraction of sp³-hybridized carbons (Fsp3) is 0.950. The lowest BCUT2D eigenvalue weighted by Gasteiger charge is -2.27. The van der Waals surface area contributed by atoms with Gasteiger partial charge in [-0.3, -0.25) is 19.3 Å². The highest BCUT2D eigenvalue weighted by Crippen LogP contribution is 2.30. The van der Waals surface area contributed by atoms with Crippen LogP contribution in [0, 0.1) is 17.3 Å². The van der Waals surface area contributed by atoms with Gasteiger partial charge in [-0.05, 0) is 111 Å². The molecule has 0 radical (unpaired) electrons. The molecule has 1 unspecified atom stereocenters. The van der Waals surface area contributed by atoms with Gasteiger partial charge in [-0.1, -0.05) is 182 Å². The maximum Gasteiger partial charge on any atom is 0.323 e. The van der Waals surface area contributed by atoms with Crippen LogP contribution in [0.3, 0.4) is 0 Å². The van der Waals surface area contributed by atoms with Gasteiger partial charge in [0.1, 0.15) is 12.1 Å². The highest BCUT2D eigenvalue weighted by molar-refractivity contribution is 5.76. The summed E-state index contributed by atoms with van der Waals surface area (Å²) in [6.45, 7) is 17.2. The van der Waals surface area contributed by atoms with E-state index in [0.29, 0.717) is 32.6 Å². The molecule has 10 nitrogen and oxygen atoms in total. The summed E-state index contributed by atoms with van der Waals surface area (Å²) in [7, 11) is 2.08. The molecule has 10 heteroatoms. The zero-order valence-corrected chi connectivity index (χ0v) is 47.1. The van der Waals surface area contributed by atoms with Crippen molar-refractivity contribution in [2.24, 2.45) is 17.3 Å². The zero-order valence-electron chi connectivity index (χ0n) is 47.1. The Morgan fingerprint density at radius 2 is 1.11 bits per heavy atom. The first-order valence-electron chi connectivity index (χ1n) is 30.2. The van der Waals surface area contributed by atoms with Gasteiger partial charge in [0.05, 0.1) is 24.7 Å². The number of ether oxygens (including phenoxy) is 4. The van der Waals surface area contributed by atoms with Crippen LogP contribution in [0.5, 0.6) is 0 Å². The Balaban J connectivity index is 1.74. The Hall–Kier alpha value is -1.75. The minimum Gasteiger partial charge on any atom is -0.466 e. The molecule has 0 spiro atoms. The van der Waals surface area contributed by atoms with Crippen LogP contribution in [-0.4, -0.2) is 104 Å². The molecule has 0 aliphatic carbocycles. The number of carbonyl (C=O) groups is 3. The summed E-state index contributed by atoms with van der Waals surface area (Å²) in [6, 6.07) is -0.376. The van der Waals surface area contributed by atoms with Crippen LogP contribution >= 0.6 is 0 Å². The number of rotatable bonds is 47. The molecule has 4 atom stereocenters. The fourth-order valence-electron chi connectivity index (χ4n) is 10.8. The highest BCUT2D eigenvalue weighted by atomic mass is 16.6. The summed E-state index contributed by atoms with van der Waals surface area (Å²) < 4.78 is 24.0. The second kappa shape index (κ2) is 41.6. The third-order valence-electron chi connectivity index (χ3n) is 15.6. The molecular formula is C60H114N2O8. The monoisotopic (exact) mass is 991 g/mol. The molecular weight excluding hydrogens is 877 g/mol. The van der Waals surface area contributed by atoms with E-state index in [-0.39, 0.29) is 42.1 Å². The van der Waals surface area contributed by atoms with E-state index in [1.165, 1.54) is 122 Å². The van der Waals surface area contributed by atoms with Crippen LogP contribution < -0.4 is 0 Å². The lowest BCUT2D eigenvalue weighted by Crippen LogP contribution is -2.38. The summed E-state index contributed by atoms with van der Waals surface area (Å²) in [4.78, 5) is 44.0. The summed E-state index contributed by atoms with van der Waals surface area (Å²) in [5, 5.41) is 11.0. The van der Waals surface area contributed by atoms with E-state index in [2.05, 4.69) is 44.5 Å². The molecule has 0 aromatic rings. The van der Waals surface area contributed by atoms with Crippen molar-refractivity contribution in [3.8, 4) is 0 Å². The molecule has 70 heavy (non-hydrogen) atoms. The van der Waals surface area contributed by atoms with E-state index in [1.54, 1.807) is 0 Å². The van der Waals surface area contributed by atoms with Crippen LogP contribution in [-0.2, 0) is 33.3 Å². The molecule has 0 aromatic heterocycles. The van der Waals surface area contributed by atoms with Crippen molar-refractivity contribution in [2.75, 3.05) is 46.4 Å². The van der Waals surface area contributed by atoms with Crippen molar-refractivity contribution in [1.82, 2.24) is 9.80 Å². The van der Waals surface area contributed by atoms with Crippen molar-refractivity contribution in [3.05, 3.63) is 0 Å². The summed E-state index contributed by atoms with van der Waals surface area (Å²) >= 11 is 0. The fourth-order valence-corrected chi connectivity index (χ4v) is 10.8. The second-order valence-corrected chi connectivity index (χ2v) is 22.8. The topological polar surface area (TPSA) is 115 Å². The number of esters is 3. The Morgan fingerprint density at radius 3 is 1.73 bits per heavy atom. The Labute approximate surface area is 432 Å². The molecule has 2 heterocycles. The van der Waals surface area contributed by atoms with E-state index in [1.807, 2.05) is 13.8 Å². The number of nitrogens with zero attached hydrogens (tertiary/aromatic N) is 2. The largest absolute Gasteiger partial charge is 0.466 e. The molecule has 0 aromatic carbocycles. The molecule has 0 saturated carbocycles. The van der Waals surface area contributed by atoms with Gasteiger partial charge in [-0.15, -0.1) is 0 Å². The number of hydrogen-bond acceptors (Lipinski definition) is 10. The number of likely N-dealkylation sites (tertiary alicyclic amines) is 2. The van der Waals surface area contributed by atoms with Crippen LogP contribution in [0.15, 0.2) is 0 Å². The van der Waals surface area contributed by atoms with Crippen LogP contribution in [0.25, 0.3) is 0 Å². The molecule has 2 aliphatic rings. The van der Waals surface area contributed by atoms with E-state index in [0.717, 1.165) is 128 Å². The number of hydrogen-bond donors (Lipinski definition) is 1. The SMILES string of the molecule is CCCCCCCCC(CCCCCCCC)OC(=O)C(C)(C)CCCCCCOC(=O)[C@@H]1C[C@H](OC(O)[C@H]2CCN(C)C2)CN1CCCCCCCC(=O)OCCCC(CCCCC)CCCCC. The second-order valence-electron chi connectivity index (χ2n) is 22.8. The first-order chi connectivity index (χ1) is 33.9. The normalized spacial score (nSPS) is 18.3. The first kappa shape index (κ1) is 64.4. The molecule has 2 aliphatic heterocycles. The van der Waals surface area contributed by atoms with Gasteiger partial charge in [0.15, 0.2) is 6.29 Å². The number of aliphatic hydroxyl groups excluding tert-OH is 1. The van der Waals surface area contributed by atoms with E-state index in [9.17, 15) is 19.5 Å². The van der Waals surface area contributed by atoms with Crippen LogP contribution in [0.4, 0.5) is 0 Å². The van der Waals surface area contributed by atoms with Gasteiger partial charge in [0.2, 0.25) is 0 Å². The molecule has 412 valence electrons. The standard InChI is InChI=1S/C60H114N2O8/c1-8-12-16-18-21-29-39-53(40-30-22-19-17-13-9-2)70-59(66)60(5,6)43-32-24-26-34-46-68-58(65)55-48-54(69-57(64)52-42-45-61(7)49-52)50-62(55)44-33-25-20-23-31-41-56(63)67-47-35-38-51(36-27-14-10-3)37-28-15-11-4/h51-55,57,64H,8-50H2,1-7H3/t52-,54-,55-,57?/m0/s1. The lowest BCUT2D eigenvalue weighted by molar-refractivity contribution is -0.161. The van der Waals surface area contributed by atoms with Gasteiger partial charge in [0.25, 0.3) is 0 Å². The highest BCUT2D eigenvalue weighted by Gasteiger charge is 2.40. The number of unbranched alkanes of at least 4 members (excludes halogenated alkanes) is 21. The molecule has 0 amide bonds. The van der Waals surface area contributed by atoms with Crippen molar-refractivity contribution >= 4 is 17.9 Å². The third-order valence-corrected chi connectivity index (χ3v) is 15.6. The summed E-state index contributed by atoms with van der Waals surface area (Å²) in [5.74, 6) is 0.555. The van der Waals surface area contributed by atoms with E-state index in [4.69, 9.17) is 18.9 Å². The molecule has 2 fully saturated rings. The van der Waals surface area contributed by atoms with Gasteiger partial charge < -0.3 is 29.0 Å². The van der Waals surface area contributed by atoms with E-state index >= 15 is 0 Å². The van der Waals surface area contributed by atoms with Gasteiger partial charge in [-0.2, -0.15) is 0 Å². The molecule has 0 bridgehead atoms. The predicted molar refractivity (Wildman–Crippen MR) is 290 cm³/mol. The first-order valence-corrected chi connectivity index (χ1v) is 30.2. The van der Waals surface area contributed by atoms with Crippen LogP contribution in [0.1, 0.15) is 279 Å². The van der Waals surface area contributed by atoms with Gasteiger partial charge in [-0.25, -0.2) is 0 Å². The zero-order chi connectivity index (χ0) is 51.1. The average molecular weight is 992 g/mol. The predicted octanol–water partition coefficient (Wildman–Crippen LogP) is 15.1. The van der Waals surface area contributed by atoms with Crippen LogP contribution in [0.2, 0.25) is 0 Å². The Morgan fingerprint density at radius 1 is 0.600 bits per heavy atom. The Kier molecular flexibility index (Phi) is 38.2. The third kappa shape index (κ3) is 31.1. The van der Waals surface area contributed by atoms with Crippen molar-refractivity contribution in [3.63, 3.8) is 0 Å². The smallest absolute Gasteiger partial charge is 0.323 e. The van der Waals surface area contributed by atoms with Crippen molar-refractivity contribution < 1.29 is 38.4 Å². The number of carbonyl (C=O) groups excluding carboxylic acids is 3. The van der Waals surface area contributed by atoms with Crippen molar-refractivity contribution in [2.45, 2.75) is 304 Å². The summed E-state index contributed by atoms with van der Waals surface area (Å²) in [6.07, 6.45) is 39.7. The maximum atomic E-state index is 13.6. The lowest BCUT2D eigenvalue weighted by atomic mass is 9.86. The maximum absolute atomic E-state index is 13.6. The Bertz CT molecular complexity index is 1250. The van der Waals surface area contributed by atoms with Gasteiger partial charge >= 0.3 is 17.9 Å². The van der Waals surface area contributed by atoms with E-state index < -0.39 is 11.7 Å². The quantitative estimate of drug-likeness (QED) is 0.0274. The minimum atomic E-state index is -0.829. The molecule has 2 rings (SSSR count).